The molecule has 4 nitrogen and oxygen atoms in total. The molecule has 0 atom stereocenters. The normalized spacial score (nSPS) is 13.9. The summed E-state index contributed by atoms with van der Waals surface area (Å²) in [6.45, 7) is 0. The van der Waals surface area contributed by atoms with Crippen LogP contribution in [-0.4, -0.2) is 20.2 Å². The summed E-state index contributed by atoms with van der Waals surface area (Å²) in [7, 11) is 0. The third-order valence-corrected chi connectivity index (χ3v) is 4.65. The maximum absolute atomic E-state index is 10.6. The fraction of sp³-hybridized carbons (Fsp3) is 0.0526. The predicted molar refractivity (Wildman–Crippen MR) is 88.4 cm³/mol. The summed E-state index contributed by atoms with van der Waals surface area (Å²) in [4.78, 5) is 8.35. The van der Waals surface area contributed by atoms with Crippen LogP contribution < -0.4 is 10.4 Å². The van der Waals surface area contributed by atoms with E-state index in [-0.39, 0.29) is 11.5 Å². The Morgan fingerprint density at radius 2 is 1.91 bits per heavy atom. The molecule has 2 aromatic carbocycles. The van der Waals surface area contributed by atoms with Gasteiger partial charge in [-0.25, -0.2) is 9.97 Å². The Morgan fingerprint density at radius 1 is 1.00 bits per heavy atom. The first-order valence-corrected chi connectivity index (χ1v) is 7.42. The highest BCUT2D eigenvalue weighted by molar-refractivity contribution is 5.97. The number of benzene rings is 2. The molecule has 4 heteroatoms. The molecular weight excluding hydrogens is 288 g/mol. The van der Waals surface area contributed by atoms with Crippen LogP contribution in [0.15, 0.2) is 30.7 Å². The van der Waals surface area contributed by atoms with Crippen molar-refractivity contribution in [2.45, 2.75) is 6.42 Å². The molecule has 1 heterocycles. The molecule has 5 rings (SSSR count). The molecule has 0 fully saturated rings. The van der Waals surface area contributed by atoms with Gasteiger partial charge in [-0.15, -0.1) is 0 Å². The van der Waals surface area contributed by atoms with Gasteiger partial charge in [0.15, 0.2) is 11.5 Å². The van der Waals surface area contributed by atoms with Crippen LogP contribution in [0.1, 0.15) is 22.4 Å². The van der Waals surface area contributed by atoms with E-state index in [1.807, 2.05) is 36.4 Å². The fourth-order valence-electron chi connectivity index (χ4n) is 3.54. The summed E-state index contributed by atoms with van der Waals surface area (Å²) in [5.74, 6) is -0.108. The summed E-state index contributed by atoms with van der Waals surface area (Å²) in [6, 6.07) is 4.04. The first-order chi connectivity index (χ1) is 11.2. The summed E-state index contributed by atoms with van der Waals surface area (Å²) in [5.41, 5.74) is 3.57. The Morgan fingerprint density at radius 3 is 2.83 bits per heavy atom. The van der Waals surface area contributed by atoms with Gasteiger partial charge in [0.2, 0.25) is 0 Å². The molecule has 0 saturated carbocycles. The molecule has 0 spiro atoms. The topological polar surface area (TPSA) is 66.2 Å². The minimum Gasteiger partial charge on any atom is -0.504 e. The van der Waals surface area contributed by atoms with E-state index in [9.17, 15) is 10.2 Å². The van der Waals surface area contributed by atoms with Crippen LogP contribution in [0.4, 0.5) is 0 Å². The lowest BCUT2D eigenvalue weighted by Gasteiger charge is -2.17. The molecule has 0 bridgehead atoms. The average molecular weight is 300 g/mol. The second-order valence-electron chi connectivity index (χ2n) is 5.85. The van der Waals surface area contributed by atoms with Crippen molar-refractivity contribution in [2.75, 3.05) is 0 Å². The number of hydrogen-bond donors (Lipinski definition) is 2. The SMILES string of the molecule is Oc1c2c(c3ccc4c(c3c1O)=CC=C4)=Cc1cncnc1C2. The van der Waals surface area contributed by atoms with Crippen molar-refractivity contribution >= 4 is 29.0 Å². The number of aromatic nitrogens is 2. The van der Waals surface area contributed by atoms with Gasteiger partial charge in [-0.2, -0.15) is 0 Å². The fourth-order valence-corrected chi connectivity index (χ4v) is 3.54. The highest BCUT2D eigenvalue weighted by Crippen LogP contribution is 2.36. The van der Waals surface area contributed by atoms with Crippen molar-refractivity contribution in [1.82, 2.24) is 9.97 Å². The monoisotopic (exact) mass is 300 g/mol. The van der Waals surface area contributed by atoms with Crippen molar-refractivity contribution in [3.8, 4) is 11.5 Å². The Hall–Kier alpha value is -3.14. The Bertz CT molecular complexity index is 1160. The van der Waals surface area contributed by atoms with Crippen molar-refractivity contribution in [3.05, 3.63) is 63.6 Å². The van der Waals surface area contributed by atoms with Crippen LogP contribution in [0.5, 0.6) is 11.5 Å². The summed E-state index contributed by atoms with van der Waals surface area (Å²) >= 11 is 0. The summed E-state index contributed by atoms with van der Waals surface area (Å²) in [5, 5.41) is 24.6. The summed E-state index contributed by atoms with van der Waals surface area (Å²) in [6.07, 6.45) is 11.7. The molecule has 0 radical (unpaired) electrons. The molecular formula is C19H12N2O2. The Labute approximate surface area is 131 Å². The number of hydrogen-bond acceptors (Lipinski definition) is 4. The number of allylic oxidation sites excluding steroid dienone is 1. The van der Waals surface area contributed by atoms with Crippen LogP contribution in [0.25, 0.3) is 29.0 Å². The molecule has 0 saturated heterocycles. The second-order valence-corrected chi connectivity index (χ2v) is 5.85. The number of nitrogens with zero attached hydrogens (tertiary/aromatic N) is 2. The zero-order valence-corrected chi connectivity index (χ0v) is 12.1. The smallest absolute Gasteiger partial charge is 0.166 e. The minimum atomic E-state index is -0.0542. The van der Waals surface area contributed by atoms with E-state index < -0.39 is 0 Å². The third kappa shape index (κ3) is 1.55. The van der Waals surface area contributed by atoms with Crippen molar-refractivity contribution in [3.63, 3.8) is 0 Å². The number of fused-ring (bicyclic) bond motifs is 6. The highest BCUT2D eigenvalue weighted by Gasteiger charge is 2.21. The quantitative estimate of drug-likeness (QED) is 0.484. The first kappa shape index (κ1) is 12.4. The van der Waals surface area contributed by atoms with Gasteiger partial charge in [-0.05, 0) is 27.5 Å². The van der Waals surface area contributed by atoms with E-state index in [1.54, 1.807) is 6.20 Å². The van der Waals surface area contributed by atoms with Crippen LogP contribution in [-0.2, 0) is 6.42 Å². The minimum absolute atomic E-state index is 0.0540. The van der Waals surface area contributed by atoms with E-state index in [1.165, 1.54) is 6.33 Å². The van der Waals surface area contributed by atoms with Crippen LogP contribution in [0.2, 0.25) is 0 Å². The number of aromatic hydroxyl groups is 2. The molecule has 2 aliphatic rings. The molecule has 0 aliphatic heterocycles. The summed E-state index contributed by atoms with van der Waals surface area (Å²) < 4.78 is 0. The van der Waals surface area contributed by atoms with Gasteiger partial charge < -0.3 is 10.2 Å². The maximum Gasteiger partial charge on any atom is 0.166 e. The number of phenolic OH excluding ortho intramolecular Hbond substituents is 2. The molecule has 2 N–H and O–H groups in total. The number of rotatable bonds is 0. The van der Waals surface area contributed by atoms with Gasteiger partial charge in [0.05, 0.1) is 5.69 Å². The standard InChI is InChI=1S/C19H12N2O2/c22-18-15-7-16-11(8-20-9-21-16)6-14(15)13-5-4-10-2-1-3-12(10)17(13)19(18)23/h1-6,8-9,22-23H,7H2. The highest BCUT2D eigenvalue weighted by atomic mass is 16.3. The van der Waals surface area contributed by atoms with E-state index in [2.05, 4.69) is 9.97 Å². The van der Waals surface area contributed by atoms with Gasteiger partial charge in [0.1, 0.15) is 6.33 Å². The molecule has 23 heavy (non-hydrogen) atoms. The van der Waals surface area contributed by atoms with Gasteiger partial charge in [-0.1, -0.05) is 30.4 Å². The maximum atomic E-state index is 10.6. The lowest BCUT2D eigenvalue weighted by molar-refractivity contribution is 0.403. The van der Waals surface area contributed by atoms with Gasteiger partial charge >= 0.3 is 0 Å². The molecule has 110 valence electrons. The lowest BCUT2D eigenvalue weighted by atomic mass is 9.90. The average Bonchev–Trinajstić information content (AvgIpc) is 3.06. The predicted octanol–water partition coefficient (Wildman–Crippen LogP) is 1.58. The van der Waals surface area contributed by atoms with E-state index in [4.69, 9.17) is 0 Å². The van der Waals surface area contributed by atoms with E-state index in [0.717, 1.165) is 32.6 Å². The van der Waals surface area contributed by atoms with Crippen LogP contribution >= 0.6 is 0 Å². The Kier molecular flexibility index (Phi) is 2.26. The zero-order chi connectivity index (χ0) is 15.6. The van der Waals surface area contributed by atoms with Gasteiger partial charge in [0, 0.05) is 29.1 Å². The number of phenols is 2. The Balaban J connectivity index is 2.02. The third-order valence-electron chi connectivity index (χ3n) is 4.65. The van der Waals surface area contributed by atoms with E-state index >= 15 is 0 Å². The largest absolute Gasteiger partial charge is 0.504 e. The molecule has 3 aromatic rings. The molecule has 1 aromatic heterocycles. The molecule has 2 aliphatic carbocycles. The van der Waals surface area contributed by atoms with Crippen molar-refractivity contribution < 1.29 is 10.2 Å². The van der Waals surface area contributed by atoms with Gasteiger partial charge in [0.25, 0.3) is 0 Å². The first-order valence-electron chi connectivity index (χ1n) is 7.42. The van der Waals surface area contributed by atoms with Gasteiger partial charge in [-0.3, -0.25) is 0 Å². The second kappa shape index (κ2) is 4.20. The van der Waals surface area contributed by atoms with Crippen LogP contribution in [0.3, 0.4) is 0 Å². The van der Waals surface area contributed by atoms with Crippen molar-refractivity contribution in [2.24, 2.45) is 0 Å². The van der Waals surface area contributed by atoms with Crippen LogP contribution in [0, 0.1) is 0 Å². The zero-order valence-electron chi connectivity index (χ0n) is 12.1. The van der Waals surface area contributed by atoms with Crippen molar-refractivity contribution in [1.29, 1.82) is 0 Å². The lowest BCUT2D eigenvalue weighted by Crippen LogP contribution is -2.20. The van der Waals surface area contributed by atoms with E-state index in [0.29, 0.717) is 17.4 Å². The molecule has 0 unspecified atom stereocenters. The molecule has 0 amide bonds.